The molecule has 0 fully saturated rings. The van der Waals surface area contributed by atoms with Gasteiger partial charge in [-0.3, -0.25) is 9.59 Å². The van der Waals surface area contributed by atoms with E-state index in [0.717, 1.165) is 22.6 Å². The van der Waals surface area contributed by atoms with E-state index in [9.17, 15) is 9.59 Å². The molecule has 0 spiro atoms. The summed E-state index contributed by atoms with van der Waals surface area (Å²) in [6.45, 7) is 2.21. The monoisotopic (exact) mass is 414 g/mol. The molecular formula is C24H22N4O3. The number of benzene rings is 2. The number of ether oxygens (including phenoxy) is 1. The van der Waals surface area contributed by atoms with Gasteiger partial charge in [0.15, 0.2) is 0 Å². The van der Waals surface area contributed by atoms with E-state index in [1.807, 2.05) is 47.1 Å². The summed E-state index contributed by atoms with van der Waals surface area (Å²) in [6, 6.07) is 20.2. The summed E-state index contributed by atoms with van der Waals surface area (Å²) in [5.74, 6) is 0.381. The zero-order valence-corrected chi connectivity index (χ0v) is 17.0. The fraction of sp³-hybridized carbons (Fsp3) is 0.125. The normalized spacial score (nSPS) is 10.6. The van der Waals surface area contributed by atoms with Gasteiger partial charge in [-0.25, -0.2) is 4.98 Å². The van der Waals surface area contributed by atoms with E-state index in [1.54, 1.807) is 36.4 Å². The molecule has 0 unspecified atom stereocenters. The molecule has 2 N–H and O–H groups in total. The first-order chi connectivity index (χ1) is 15.1. The fourth-order valence-corrected chi connectivity index (χ4v) is 3.11. The average molecular weight is 414 g/mol. The molecule has 0 bridgehead atoms. The lowest BCUT2D eigenvalue weighted by atomic mass is 10.1. The highest BCUT2D eigenvalue weighted by atomic mass is 16.5. The van der Waals surface area contributed by atoms with Crippen LogP contribution < -0.4 is 15.4 Å². The maximum Gasteiger partial charge on any atom is 0.251 e. The summed E-state index contributed by atoms with van der Waals surface area (Å²) in [6.07, 6.45) is 3.87. The summed E-state index contributed by atoms with van der Waals surface area (Å²) < 4.78 is 7.73. The van der Waals surface area contributed by atoms with Crippen LogP contribution in [0.5, 0.6) is 5.75 Å². The molecule has 4 rings (SSSR count). The van der Waals surface area contributed by atoms with Crippen molar-refractivity contribution in [2.75, 3.05) is 5.32 Å². The second-order valence-corrected chi connectivity index (χ2v) is 7.07. The van der Waals surface area contributed by atoms with Crippen molar-refractivity contribution in [3.63, 3.8) is 0 Å². The molecule has 0 saturated heterocycles. The molecule has 0 aliphatic rings. The van der Waals surface area contributed by atoms with Crippen LogP contribution in [0.4, 0.5) is 5.69 Å². The number of carbonyl (C=O) groups excluding carboxylic acids is 2. The number of aromatic nitrogens is 2. The van der Waals surface area contributed by atoms with Crippen molar-refractivity contribution in [3.05, 3.63) is 95.9 Å². The SMILES string of the molecule is CC(=O)Nc1ccc(CNC(=O)c2ccc(OCc3cn4ccccc4n3)cc2)cc1. The highest BCUT2D eigenvalue weighted by Crippen LogP contribution is 2.15. The molecule has 0 atom stereocenters. The fourth-order valence-electron chi connectivity index (χ4n) is 3.11. The first kappa shape index (κ1) is 20.2. The number of carbonyl (C=O) groups is 2. The molecule has 31 heavy (non-hydrogen) atoms. The van der Waals surface area contributed by atoms with Gasteiger partial charge < -0.3 is 19.8 Å². The molecule has 2 aromatic carbocycles. The molecular weight excluding hydrogens is 392 g/mol. The van der Waals surface area contributed by atoms with Crippen molar-refractivity contribution in [1.82, 2.24) is 14.7 Å². The minimum absolute atomic E-state index is 0.119. The zero-order chi connectivity index (χ0) is 21.6. The topological polar surface area (TPSA) is 84.7 Å². The molecule has 7 nitrogen and oxygen atoms in total. The summed E-state index contributed by atoms with van der Waals surface area (Å²) >= 11 is 0. The van der Waals surface area contributed by atoms with E-state index in [-0.39, 0.29) is 11.8 Å². The van der Waals surface area contributed by atoms with Crippen LogP contribution in [0.2, 0.25) is 0 Å². The zero-order valence-electron chi connectivity index (χ0n) is 17.0. The molecule has 2 aromatic heterocycles. The second kappa shape index (κ2) is 9.13. The number of amides is 2. The number of hydrogen-bond acceptors (Lipinski definition) is 4. The molecule has 4 aromatic rings. The van der Waals surface area contributed by atoms with Gasteiger partial charge in [0.25, 0.3) is 5.91 Å². The molecule has 0 radical (unpaired) electrons. The third-order valence-electron chi connectivity index (χ3n) is 4.64. The number of hydrogen-bond donors (Lipinski definition) is 2. The van der Waals surface area contributed by atoms with Gasteiger partial charge in [-0.1, -0.05) is 18.2 Å². The predicted molar refractivity (Wildman–Crippen MR) is 118 cm³/mol. The standard InChI is InChI=1S/C24H22N4O3/c1-17(29)26-20-9-5-18(6-10-20)14-25-24(30)19-7-11-22(12-8-19)31-16-21-15-28-13-3-2-4-23(28)27-21/h2-13,15H,14,16H2,1H3,(H,25,30)(H,26,29). The molecule has 0 saturated carbocycles. The number of imidazole rings is 1. The van der Waals surface area contributed by atoms with E-state index in [1.165, 1.54) is 6.92 Å². The Labute approximate surface area is 179 Å². The number of fused-ring (bicyclic) bond motifs is 1. The van der Waals surface area contributed by atoms with Crippen molar-refractivity contribution in [2.45, 2.75) is 20.1 Å². The van der Waals surface area contributed by atoms with Crippen molar-refractivity contribution in [1.29, 1.82) is 0 Å². The summed E-state index contributed by atoms with van der Waals surface area (Å²) in [5.41, 5.74) is 3.92. The Hall–Kier alpha value is -4.13. The highest BCUT2D eigenvalue weighted by molar-refractivity contribution is 5.94. The van der Waals surface area contributed by atoms with Crippen LogP contribution in [0, 0.1) is 0 Å². The highest BCUT2D eigenvalue weighted by Gasteiger charge is 2.07. The van der Waals surface area contributed by atoms with Crippen molar-refractivity contribution in [3.8, 4) is 5.75 Å². The minimum Gasteiger partial charge on any atom is -0.487 e. The Balaban J connectivity index is 1.29. The summed E-state index contributed by atoms with van der Waals surface area (Å²) in [4.78, 5) is 28.0. The van der Waals surface area contributed by atoms with Gasteiger partial charge in [0.2, 0.25) is 5.91 Å². The van der Waals surface area contributed by atoms with Gasteiger partial charge in [-0.05, 0) is 54.1 Å². The van der Waals surface area contributed by atoms with Gasteiger partial charge in [-0.15, -0.1) is 0 Å². The lowest BCUT2D eigenvalue weighted by Gasteiger charge is -2.08. The molecule has 2 amide bonds. The summed E-state index contributed by atoms with van der Waals surface area (Å²) in [7, 11) is 0. The van der Waals surface area contributed by atoms with Crippen LogP contribution in [0.3, 0.4) is 0 Å². The number of rotatable bonds is 7. The molecule has 2 heterocycles. The Morgan fingerprint density at radius 3 is 2.48 bits per heavy atom. The van der Waals surface area contributed by atoms with E-state index in [2.05, 4.69) is 15.6 Å². The van der Waals surface area contributed by atoms with Gasteiger partial charge >= 0.3 is 0 Å². The molecule has 7 heteroatoms. The Morgan fingerprint density at radius 1 is 1.00 bits per heavy atom. The first-order valence-electron chi connectivity index (χ1n) is 9.87. The van der Waals surface area contributed by atoms with Crippen molar-refractivity contribution in [2.24, 2.45) is 0 Å². The maximum atomic E-state index is 12.4. The molecule has 0 aliphatic carbocycles. The van der Waals surface area contributed by atoms with Crippen LogP contribution in [0.25, 0.3) is 5.65 Å². The van der Waals surface area contributed by atoms with Crippen molar-refractivity contribution < 1.29 is 14.3 Å². The van der Waals surface area contributed by atoms with Gasteiger partial charge in [0.05, 0.1) is 5.69 Å². The maximum absolute atomic E-state index is 12.4. The predicted octanol–water partition coefficient (Wildman–Crippen LogP) is 3.80. The van der Waals surface area contributed by atoms with Crippen LogP contribution in [-0.4, -0.2) is 21.2 Å². The second-order valence-electron chi connectivity index (χ2n) is 7.07. The van der Waals surface area contributed by atoms with Gasteiger partial charge in [0.1, 0.15) is 18.0 Å². The van der Waals surface area contributed by atoms with Gasteiger partial charge in [-0.2, -0.15) is 0 Å². The minimum atomic E-state index is -0.169. The van der Waals surface area contributed by atoms with E-state index in [0.29, 0.717) is 24.5 Å². The van der Waals surface area contributed by atoms with E-state index < -0.39 is 0 Å². The number of nitrogens with zero attached hydrogens (tertiary/aromatic N) is 2. The number of anilines is 1. The number of nitrogens with one attached hydrogen (secondary N) is 2. The Bertz CT molecular complexity index is 1160. The van der Waals surface area contributed by atoms with Crippen molar-refractivity contribution >= 4 is 23.1 Å². The Kier molecular flexibility index (Phi) is 5.93. The van der Waals surface area contributed by atoms with Gasteiger partial charge in [0, 0.05) is 37.1 Å². The number of pyridine rings is 1. The van der Waals surface area contributed by atoms with Crippen LogP contribution in [0.15, 0.2) is 79.1 Å². The van der Waals surface area contributed by atoms with E-state index >= 15 is 0 Å². The van der Waals surface area contributed by atoms with Crippen LogP contribution in [0.1, 0.15) is 28.5 Å². The molecule has 156 valence electrons. The average Bonchev–Trinajstić information content (AvgIpc) is 3.20. The lowest BCUT2D eigenvalue weighted by Crippen LogP contribution is -2.22. The largest absolute Gasteiger partial charge is 0.487 e. The smallest absolute Gasteiger partial charge is 0.251 e. The Morgan fingerprint density at radius 2 is 1.77 bits per heavy atom. The lowest BCUT2D eigenvalue weighted by molar-refractivity contribution is -0.114. The van der Waals surface area contributed by atoms with Crippen LogP contribution in [-0.2, 0) is 17.9 Å². The third-order valence-corrected chi connectivity index (χ3v) is 4.64. The molecule has 0 aliphatic heterocycles. The summed E-state index contributed by atoms with van der Waals surface area (Å²) in [5, 5.41) is 5.60. The third kappa shape index (κ3) is 5.27. The van der Waals surface area contributed by atoms with Crippen LogP contribution >= 0.6 is 0 Å². The quantitative estimate of drug-likeness (QED) is 0.482. The first-order valence-corrected chi connectivity index (χ1v) is 9.87. The van der Waals surface area contributed by atoms with E-state index in [4.69, 9.17) is 4.74 Å².